The monoisotopic (exact) mass is 414 g/mol. The first-order chi connectivity index (χ1) is 14.1. The second-order valence-electron chi connectivity index (χ2n) is 8.03. The minimum Gasteiger partial charge on any atom is -0.493 e. The number of hydrogen-bond acceptors (Lipinski definition) is 6. The normalized spacial score (nSPS) is 12.1. The van der Waals surface area contributed by atoms with E-state index in [1.807, 2.05) is 12.1 Å². The Morgan fingerprint density at radius 3 is 1.87 bits per heavy atom. The Morgan fingerprint density at radius 2 is 1.43 bits per heavy atom. The fraction of sp³-hybridized carbons (Fsp3) is 0.417. The highest BCUT2D eigenvalue weighted by Crippen LogP contribution is 2.38. The predicted molar refractivity (Wildman–Crippen MR) is 115 cm³/mol. The molecular weight excluding hydrogens is 384 g/mol. The molecule has 0 bridgehead atoms. The van der Waals surface area contributed by atoms with Gasteiger partial charge in [-0.2, -0.15) is 0 Å². The van der Waals surface area contributed by atoms with Gasteiger partial charge in [0.25, 0.3) is 0 Å². The van der Waals surface area contributed by atoms with Gasteiger partial charge in [0.2, 0.25) is 11.5 Å². The molecule has 0 N–H and O–H groups in total. The maximum atomic E-state index is 12.6. The van der Waals surface area contributed by atoms with Gasteiger partial charge in [-0.15, -0.1) is 0 Å². The van der Waals surface area contributed by atoms with Crippen LogP contribution < -0.4 is 14.2 Å². The predicted octanol–water partition coefficient (Wildman–Crippen LogP) is 4.37. The van der Waals surface area contributed by atoms with Gasteiger partial charge in [0, 0.05) is 5.56 Å². The van der Waals surface area contributed by atoms with Crippen LogP contribution in [0.25, 0.3) is 0 Å². The van der Waals surface area contributed by atoms with Crippen molar-refractivity contribution in [2.75, 3.05) is 21.3 Å². The van der Waals surface area contributed by atoms with Gasteiger partial charge >= 0.3 is 5.97 Å². The first-order valence-electron chi connectivity index (χ1n) is 9.73. The number of carbonyl (C=O) groups excluding carboxylic acids is 2. The molecule has 0 saturated carbocycles. The Labute approximate surface area is 178 Å². The second kappa shape index (κ2) is 9.65. The summed E-state index contributed by atoms with van der Waals surface area (Å²) in [7, 11) is 4.52. The molecule has 30 heavy (non-hydrogen) atoms. The topological polar surface area (TPSA) is 71.1 Å². The first-order valence-corrected chi connectivity index (χ1v) is 9.73. The van der Waals surface area contributed by atoms with E-state index < -0.39 is 12.1 Å². The maximum Gasteiger partial charge on any atom is 0.310 e. The van der Waals surface area contributed by atoms with E-state index in [2.05, 4.69) is 20.8 Å². The zero-order valence-corrected chi connectivity index (χ0v) is 18.7. The molecule has 0 spiro atoms. The van der Waals surface area contributed by atoms with Crippen LogP contribution in [0.4, 0.5) is 0 Å². The highest BCUT2D eigenvalue weighted by atomic mass is 16.5. The lowest BCUT2D eigenvalue weighted by Gasteiger charge is -2.19. The van der Waals surface area contributed by atoms with Crippen molar-refractivity contribution in [1.29, 1.82) is 0 Å². The average Bonchev–Trinajstić information content (AvgIpc) is 2.71. The lowest BCUT2D eigenvalue weighted by molar-refractivity contribution is -0.145. The van der Waals surface area contributed by atoms with Crippen molar-refractivity contribution >= 4 is 11.8 Å². The summed E-state index contributed by atoms with van der Waals surface area (Å²) < 4.78 is 21.3. The minimum absolute atomic E-state index is 0.000137. The quantitative estimate of drug-likeness (QED) is 0.472. The molecular formula is C24H30O6. The summed E-state index contributed by atoms with van der Waals surface area (Å²) >= 11 is 0. The average molecular weight is 414 g/mol. The fourth-order valence-corrected chi connectivity index (χ4v) is 3.07. The van der Waals surface area contributed by atoms with Crippen molar-refractivity contribution in [3.63, 3.8) is 0 Å². The van der Waals surface area contributed by atoms with Gasteiger partial charge in [0.1, 0.15) is 0 Å². The highest BCUT2D eigenvalue weighted by molar-refractivity contribution is 6.00. The summed E-state index contributed by atoms with van der Waals surface area (Å²) in [6.07, 6.45) is -0.919. The zero-order valence-electron chi connectivity index (χ0n) is 18.7. The van der Waals surface area contributed by atoms with Crippen LogP contribution in [0.1, 0.15) is 49.2 Å². The summed E-state index contributed by atoms with van der Waals surface area (Å²) in [5.41, 5.74) is 2.27. The molecule has 1 atom stereocenters. The van der Waals surface area contributed by atoms with E-state index in [0.29, 0.717) is 28.4 Å². The molecule has 6 heteroatoms. The summed E-state index contributed by atoms with van der Waals surface area (Å²) in [5, 5.41) is 0. The number of esters is 1. The Bertz CT molecular complexity index is 868. The molecule has 0 aliphatic carbocycles. The number of ether oxygens (including phenoxy) is 4. The molecule has 2 rings (SSSR count). The molecule has 0 amide bonds. The molecule has 0 aliphatic heterocycles. The van der Waals surface area contributed by atoms with Crippen LogP contribution in [0.5, 0.6) is 17.2 Å². The van der Waals surface area contributed by atoms with Crippen LogP contribution in [0.3, 0.4) is 0 Å². The van der Waals surface area contributed by atoms with Crippen LogP contribution in [-0.4, -0.2) is 39.2 Å². The number of methoxy groups -OCH3 is 3. The Kier molecular flexibility index (Phi) is 7.48. The third-order valence-corrected chi connectivity index (χ3v) is 4.79. The largest absolute Gasteiger partial charge is 0.493 e. The van der Waals surface area contributed by atoms with E-state index in [1.54, 1.807) is 31.2 Å². The van der Waals surface area contributed by atoms with E-state index in [1.165, 1.54) is 21.3 Å². The molecule has 2 aromatic rings. The molecule has 0 fully saturated rings. The molecule has 2 aromatic carbocycles. The lowest BCUT2D eigenvalue weighted by atomic mass is 9.86. The molecule has 0 aromatic heterocycles. The SMILES string of the molecule is COc1cc(CC(=O)O[C@@H](C)C(=O)c2ccc(C(C)(C)C)cc2)cc(OC)c1OC. The number of benzene rings is 2. The summed E-state index contributed by atoms with van der Waals surface area (Å²) in [5.74, 6) is 0.579. The lowest BCUT2D eigenvalue weighted by Crippen LogP contribution is -2.25. The first kappa shape index (κ1) is 23.3. The van der Waals surface area contributed by atoms with Gasteiger partial charge < -0.3 is 18.9 Å². The summed E-state index contributed by atoms with van der Waals surface area (Å²) in [4.78, 5) is 25.1. The summed E-state index contributed by atoms with van der Waals surface area (Å²) in [6, 6.07) is 10.8. The molecule has 0 radical (unpaired) electrons. The van der Waals surface area contributed by atoms with Gasteiger partial charge in [-0.3, -0.25) is 9.59 Å². The summed E-state index contributed by atoms with van der Waals surface area (Å²) in [6.45, 7) is 7.90. The van der Waals surface area contributed by atoms with Crippen LogP contribution >= 0.6 is 0 Å². The van der Waals surface area contributed by atoms with Gasteiger partial charge in [-0.1, -0.05) is 45.0 Å². The fourth-order valence-electron chi connectivity index (χ4n) is 3.07. The van der Waals surface area contributed by atoms with Crippen molar-refractivity contribution in [3.05, 3.63) is 53.1 Å². The third kappa shape index (κ3) is 5.53. The van der Waals surface area contributed by atoms with Gasteiger partial charge in [0.15, 0.2) is 17.6 Å². The van der Waals surface area contributed by atoms with Crippen molar-refractivity contribution in [2.45, 2.75) is 45.6 Å². The highest BCUT2D eigenvalue weighted by Gasteiger charge is 2.22. The van der Waals surface area contributed by atoms with Crippen molar-refractivity contribution < 1.29 is 28.5 Å². The molecule has 0 unspecified atom stereocenters. The van der Waals surface area contributed by atoms with E-state index >= 15 is 0 Å². The molecule has 0 saturated heterocycles. The molecule has 6 nitrogen and oxygen atoms in total. The van der Waals surface area contributed by atoms with E-state index in [9.17, 15) is 9.59 Å². The van der Waals surface area contributed by atoms with Gasteiger partial charge in [-0.25, -0.2) is 0 Å². The van der Waals surface area contributed by atoms with Crippen LogP contribution in [-0.2, 0) is 21.4 Å². The van der Waals surface area contributed by atoms with Crippen molar-refractivity contribution in [1.82, 2.24) is 0 Å². The third-order valence-electron chi connectivity index (χ3n) is 4.79. The van der Waals surface area contributed by atoms with E-state index in [0.717, 1.165) is 5.56 Å². The molecule has 0 aliphatic rings. The Morgan fingerprint density at radius 1 is 0.900 bits per heavy atom. The number of Topliss-reactive ketones (excluding diaryl/α,β-unsaturated/α-hetero) is 1. The van der Waals surface area contributed by atoms with Gasteiger partial charge in [-0.05, 0) is 35.6 Å². The Hall–Kier alpha value is -3.02. The van der Waals surface area contributed by atoms with Crippen LogP contribution in [0, 0.1) is 0 Å². The number of rotatable bonds is 8. The van der Waals surface area contributed by atoms with Crippen molar-refractivity contribution in [2.24, 2.45) is 0 Å². The van der Waals surface area contributed by atoms with E-state index in [4.69, 9.17) is 18.9 Å². The van der Waals surface area contributed by atoms with E-state index in [-0.39, 0.29) is 17.6 Å². The molecule has 162 valence electrons. The van der Waals surface area contributed by atoms with Crippen LogP contribution in [0.15, 0.2) is 36.4 Å². The Balaban J connectivity index is 2.08. The number of ketones is 1. The van der Waals surface area contributed by atoms with Gasteiger partial charge in [0.05, 0.1) is 27.8 Å². The van der Waals surface area contributed by atoms with Crippen molar-refractivity contribution in [3.8, 4) is 17.2 Å². The second-order valence-corrected chi connectivity index (χ2v) is 8.03. The number of carbonyl (C=O) groups is 2. The standard InChI is InChI=1S/C24H30O6/c1-15(22(26)17-8-10-18(11-9-17)24(2,3)4)30-21(25)14-16-12-19(27-5)23(29-7)20(13-16)28-6/h8-13,15H,14H2,1-7H3/t15-/m0/s1. The zero-order chi connectivity index (χ0) is 22.5. The number of hydrogen-bond donors (Lipinski definition) is 0. The smallest absolute Gasteiger partial charge is 0.310 e. The minimum atomic E-state index is -0.889. The maximum absolute atomic E-state index is 12.6. The van der Waals surface area contributed by atoms with Crippen LogP contribution in [0.2, 0.25) is 0 Å². The molecule has 0 heterocycles.